The molecule has 0 bridgehead atoms. The second kappa shape index (κ2) is 8.12. The first-order valence-electron chi connectivity index (χ1n) is 11.4. The zero-order valence-electron chi connectivity index (χ0n) is 18.0. The summed E-state index contributed by atoms with van der Waals surface area (Å²) >= 11 is 0. The smallest absolute Gasteiger partial charge is 0.266 e. The van der Waals surface area contributed by atoms with E-state index in [1.165, 1.54) is 12.8 Å². The third kappa shape index (κ3) is 3.99. The van der Waals surface area contributed by atoms with Crippen LogP contribution in [-0.2, 0) is 9.53 Å². The van der Waals surface area contributed by atoms with Gasteiger partial charge in [-0.25, -0.2) is 4.99 Å². The second-order valence-electron chi connectivity index (χ2n) is 9.37. The SMILES string of the molecule is C[C@@H]1C(C(=O)NC2(CC3CC3)CCOCC2)=NC(c2ccccc2O)=C2C=CC=CC21. The van der Waals surface area contributed by atoms with Crippen LogP contribution in [0.1, 0.15) is 44.6 Å². The van der Waals surface area contributed by atoms with Crippen molar-refractivity contribution in [1.82, 2.24) is 5.32 Å². The molecular weight excluding hydrogens is 388 g/mol. The number of amides is 1. The summed E-state index contributed by atoms with van der Waals surface area (Å²) in [4.78, 5) is 18.5. The number of nitrogens with zero attached hydrogens (tertiary/aromatic N) is 1. The summed E-state index contributed by atoms with van der Waals surface area (Å²) in [6.45, 7) is 3.46. The highest BCUT2D eigenvalue weighted by Gasteiger charge is 2.42. The number of carbonyl (C=O) groups is 1. The molecule has 5 nitrogen and oxygen atoms in total. The van der Waals surface area contributed by atoms with E-state index >= 15 is 0 Å². The molecule has 0 radical (unpaired) electrons. The quantitative estimate of drug-likeness (QED) is 0.744. The Labute approximate surface area is 183 Å². The van der Waals surface area contributed by atoms with Crippen molar-refractivity contribution in [3.8, 4) is 5.75 Å². The van der Waals surface area contributed by atoms with Gasteiger partial charge in [0.2, 0.25) is 0 Å². The number of aliphatic imine (C=N–C) groups is 1. The van der Waals surface area contributed by atoms with Crippen LogP contribution in [0.5, 0.6) is 5.75 Å². The molecule has 1 saturated heterocycles. The van der Waals surface area contributed by atoms with Gasteiger partial charge in [-0.1, -0.05) is 56.2 Å². The highest BCUT2D eigenvalue weighted by molar-refractivity contribution is 6.41. The van der Waals surface area contributed by atoms with Crippen LogP contribution in [0.2, 0.25) is 0 Å². The van der Waals surface area contributed by atoms with Crippen molar-refractivity contribution in [3.63, 3.8) is 0 Å². The molecule has 2 aliphatic heterocycles. The number of nitrogens with one attached hydrogen (secondary N) is 1. The lowest BCUT2D eigenvalue weighted by molar-refractivity contribution is -0.118. The standard InChI is InChI=1S/C26H30N2O3/c1-17-19-6-2-3-7-20(19)24(21-8-4-5-9-22(21)29)27-23(17)25(30)28-26(16-18-10-11-18)12-14-31-15-13-26/h2-9,17-19,29H,10-16H2,1H3,(H,28,30)/t17-,19?/m0/s1. The topological polar surface area (TPSA) is 70.9 Å². The lowest BCUT2D eigenvalue weighted by Gasteiger charge is -2.39. The Morgan fingerprint density at radius 2 is 2.00 bits per heavy atom. The predicted octanol–water partition coefficient (Wildman–Crippen LogP) is 4.40. The van der Waals surface area contributed by atoms with Crippen molar-refractivity contribution in [3.05, 3.63) is 59.7 Å². The number of phenols is 1. The van der Waals surface area contributed by atoms with Gasteiger partial charge >= 0.3 is 0 Å². The molecule has 5 heteroatoms. The third-order valence-electron chi connectivity index (χ3n) is 7.14. The fourth-order valence-electron chi connectivity index (χ4n) is 5.16. The van der Waals surface area contributed by atoms with Gasteiger partial charge < -0.3 is 15.2 Å². The molecule has 4 aliphatic rings. The van der Waals surface area contributed by atoms with Gasteiger partial charge in [0.15, 0.2) is 0 Å². The molecule has 2 heterocycles. The third-order valence-corrected chi connectivity index (χ3v) is 7.14. The Morgan fingerprint density at radius 1 is 1.23 bits per heavy atom. The minimum absolute atomic E-state index is 0.0383. The Balaban J connectivity index is 1.50. The van der Waals surface area contributed by atoms with E-state index in [0.29, 0.717) is 30.2 Å². The molecule has 1 saturated carbocycles. The van der Waals surface area contributed by atoms with E-state index < -0.39 is 0 Å². The molecule has 0 spiro atoms. The molecular formula is C26H30N2O3. The monoisotopic (exact) mass is 418 g/mol. The molecule has 2 atom stereocenters. The minimum Gasteiger partial charge on any atom is -0.507 e. The molecule has 5 rings (SSSR count). The normalized spacial score (nSPS) is 26.9. The second-order valence-corrected chi connectivity index (χ2v) is 9.37. The number of hydrogen-bond acceptors (Lipinski definition) is 4. The van der Waals surface area contributed by atoms with Crippen molar-refractivity contribution in [2.45, 2.75) is 44.6 Å². The molecule has 0 aromatic heterocycles. The van der Waals surface area contributed by atoms with Crippen LogP contribution >= 0.6 is 0 Å². The van der Waals surface area contributed by atoms with E-state index in [1.54, 1.807) is 12.1 Å². The summed E-state index contributed by atoms with van der Waals surface area (Å²) in [5, 5.41) is 13.9. The van der Waals surface area contributed by atoms with Gasteiger partial charge in [-0.05, 0) is 42.9 Å². The van der Waals surface area contributed by atoms with E-state index in [0.717, 1.165) is 30.8 Å². The Kier molecular flexibility index (Phi) is 5.30. The average molecular weight is 419 g/mol. The van der Waals surface area contributed by atoms with Crippen LogP contribution in [0.25, 0.3) is 5.70 Å². The van der Waals surface area contributed by atoms with Crippen molar-refractivity contribution in [1.29, 1.82) is 0 Å². The number of rotatable bonds is 5. The molecule has 1 aromatic carbocycles. The van der Waals surface area contributed by atoms with Gasteiger partial charge in [-0.15, -0.1) is 0 Å². The van der Waals surface area contributed by atoms with Gasteiger partial charge in [0.05, 0.1) is 5.70 Å². The van der Waals surface area contributed by atoms with Crippen LogP contribution in [0, 0.1) is 17.8 Å². The van der Waals surface area contributed by atoms with Crippen LogP contribution in [-0.4, -0.2) is 35.5 Å². The maximum absolute atomic E-state index is 13.6. The van der Waals surface area contributed by atoms with E-state index in [9.17, 15) is 9.90 Å². The molecule has 1 unspecified atom stereocenters. The number of allylic oxidation sites excluding steroid dienone is 5. The van der Waals surface area contributed by atoms with Crippen molar-refractivity contribution in [2.75, 3.05) is 13.2 Å². The number of phenolic OH excluding ortho intramolecular Hbond substituents is 1. The number of para-hydroxylation sites is 1. The molecule has 162 valence electrons. The number of ether oxygens (including phenoxy) is 1. The largest absolute Gasteiger partial charge is 0.507 e. The van der Waals surface area contributed by atoms with E-state index in [1.807, 2.05) is 30.4 Å². The molecule has 2 fully saturated rings. The molecule has 2 N–H and O–H groups in total. The van der Waals surface area contributed by atoms with Crippen molar-refractivity contribution in [2.24, 2.45) is 22.7 Å². The van der Waals surface area contributed by atoms with Crippen molar-refractivity contribution < 1.29 is 14.6 Å². The predicted molar refractivity (Wildman–Crippen MR) is 122 cm³/mol. The van der Waals surface area contributed by atoms with Gasteiger partial charge in [0, 0.05) is 36.2 Å². The average Bonchev–Trinajstić information content (AvgIpc) is 3.59. The number of hydrogen-bond donors (Lipinski definition) is 2. The fraction of sp³-hybridized carbons (Fsp3) is 0.462. The lowest BCUT2D eigenvalue weighted by Crippen LogP contribution is -2.55. The van der Waals surface area contributed by atoms with E-state index in [-0.39, 0.29) is 29.0 Å². The molecule has 31 heavy (non-hydrogen) atoms. The summed E-state index contributed by atoms with van der Waals surface area (Å²) < 4.78 is 5.60. The summed E-state index contributed by atoms with van der Waals surface area (Å²) in [7, 11) is 0. The molecule has 2 aliphatic carbocycles. The van der Waals surface area contributed by atoms with E-state index in [4.69, 9.17) is 9.73 Å². The zero-order valence-corrected chi connectivity index (χ0v) is 18.0. The summed E-state index contributed by atoms with van der Waals surface area (Å²) in [5.74, 6) is 0.846. The van der Waals surface area contributed by atoms with Gasteiger partial charge in [-0.2, -0.15) is 0 Å². The lowest BCUT2D eigenvalue weighted by atomic mass is 9.77. The Bertz CT molecular complexity index is 994. The zero-order chi connectivity index (χ0) is 21.4. The van der Waals surface area contributed by atoms with Crippen LogP contribution in [0.3, 0.4) is 0 Å². The summed E-state index contributed by atoms with van der Waals surface area (Å²) in [5.41, 5.74) is 2.76. The number of carbonyl (C=O) groups excluding carboxylic acids is 1. The Morgan fingerprint density at radius 3 is 2.74 bits per heavy atom. The first kappa shape index (κ1) is 20.3. The van der Waals surface area contributed by atoms with Gasteiger partial charge in [0.25, 0.3) is 5.91 Å². The highest BCUT2D eigenvalue weighted by atomic mass is 16.5. The highest BCUT2D eigenvalue weighted by Crippen LogP contribution is 2.42. The van der Waals surface area contributed by atoms with Crippen molar-refractivity contribution >= 4 is 17.3 Å². The fourth-order valence-corrected chi connectivity index (χ4v) is 5.16. The summed E-state index contributed by atoms with van der Waals surface area (Å²) in [6, 6.07) is 7.22. The molecule has 1 aromatic rings. The van der Waals surface area contributed by atoms with Crippen LogP contribution < -0.4 is 5.32 Å². The minimum atomic E-state index is -0.194. The van der Waals surface area contributed by atoms with Crippen LogP contribution in [0.4, 0.5) is 0 Å². The summed E-state index contributed by atoms with van der Waals surface area (Å²) in [6.07, 6.45) is 13.5. The number of benzene rings is 1. The Hall–Kier alpha value is -2.66. The van der Waals surface area contributed by atoms with E-state index in [2.05, 4.69) is 18.3 Å². The first-order chi connectivity index (χ1) is 15.1. The van der Waals surface area contributed by atoms with Gasteiger partial charge in [0.1, 0.15) is 11.5 Å². The van der Waals surface area contributed by atoms with Crippen LogP contribution in [0.15, 0.2) is 59.1 Å². The maximum atomic E-state index is 13.6. The molecule has 1 amide bonds. The van der Waals surface area contributed by atoms with Gasteiger partial charge in [-0.3, -0.25) is 4.79 Å². The maximum Gasteiger partial charge on any atom is 0.266 e. The first-order valence-corrected chi connectivity index (χ1v) is 11.4. The number of fused-ring (bicyclic) bond motifs is 1. The number of aromatic hydroxyl groups is 1.